The predicted octanol–water partition coefficient (Wildman–Crippen LogP) is 2.70. The van der Waals surface area contributed by atoms with E-state index in [1.165, 1.54) is 5.56 Å². The van der Waals surface area contributed by atoms with Gasteiger partial charge in [0.25, 0.3) is 0 Å². The minimum absolute atomic E-state index is 0.226. The Morgan fingerprint density at radius 2 is 2.32 bits per heavy atom. The molecule has 0 spiro atoms. The fraction of sp³-hybridized carbons (Fsp3) is 0.600. The summed E-state index contributed by atoms with van der Waals surface area (Å²) in [5.74, 6) is 0.610. The number of likely N-dealkylation sites (tertiary alicyclic amines) is 1. The van der Waals surface area contributed by atoms with Gasteiger partial charge in [0.1, 0.15) is 0 Å². The molecule has 1 aromatic rings. The van der Waals surface area contributed by atoms with Crippen molar-refractivity contribution in [3.8, 4) is 0 Å². The highest BCUT2D eigenvalue weighted by atomic mass is 35.5. The molecule has 1 aliphatic rings. The second-order valence-electron chi connectivity index (χ2n) is 5.34. The average molecular weight is 283 g/mol. The second-order valence-corrected chi connectivity index (χ2v) is 5.78. The van der Waals surface area contributed by atoms with Gasteiger partial charge >= 0.3 is 0 Å². The number of hydrogen-bond acceptors (Lipinski definition) is 3. The molecule has 4 heteroatoms. The van der Waals surface area contributed by atoms with Gasteiger partial charge in [-0.15, -0.1) is 0 Å². The summed E-state index contributed by atoms with van der Waals surface area (Å²) < 4.78 is 5.58. The van der Waals surface area contributed by atoms with Gasteiger partial charge in [0.05, 0.1) is 6.10 Å². The number of ether oxygens (including phenoxy) is 1. The van der Waals surface area contributed by atoms with Crippen LogP contribution in [0.5, 0.6) is 0 Å². The summed E-state index contributed by atoms with van der Waals surface area (Å²) in [5.41, 5.74) is 7.18. The molecule has 106 valence electrons. The molecule has 0 aliphatic carbocycles. The van der Waals surface area contributed by atoms with Gasteiger partial charge in [-0.05, 0) is 36.6 Å². The molecule has 3 atom stereocenters. The highest BCUT2D eigenvalue weighted by molar-refractivity contribution is 6.30. The van der Waals surface area contributed by atoms with E-state index in [-0.39, 0.29) is 6.04 Å². The van der Waals surface area contributed by atoms with Crippen molar-refractivity contribution in [2.24, 2.45) is 11.7 Å². The van der Waals surface area contributed by atoms with Crippen molar-refractivity contribution >= 4 is 11.6 Å². The van der Waals surface area contributed by atoms with Gasteiger partial charge in [-0.1, -0.05) is 30.7 Å². The molecule has 3 nitrogen and oxygen atoms in total. The SMILES string of the molecule is COC1CN(C(CN)c2cccc(Cl)c2)CCC1C. The first-order chi connectivity index (χ1) is 9.15. The third-order valence-corrected chi connectivity index (χ3v) is 4.36. The highest BCUT2D eigenvalue weighted by Gasteiger charge is 2.30. The molecule has 1 heterocycles. The van der Waals surface area contributed by atoms with Crippen molar-refractivity contribution in [1.29, 1.82) is 0 Å². The Kier molecular flexibility index (Phi) is 5.22. The van der Waals surface area contributed by atoms with E-state index in [0.717, 1.165) is 24.5 Å². The van der Waals surface area contributed by atoms with Gasteiger partial charge in [0.15, 0.2) is 0 Å². The van der Waals surface area contributed by atoms with E-state index in [1.807, 2.05) is 18.2 Å². The number of nitrogens with two attached hydrogens (primary N) is 1. The fourth-order valence-electron chi connectivity index (χ4n) is 2.86. The first kappa shape index (κ1) is 14.8. The topological polar surface area (TPSA) is 38.5 Å². The smallest absolute Gasteiger partial charge is 0.0724 e. The summed E-state index contributed by atoms with van der Waals surface area (Å²) in [6, 6.07) is 8.22. The number of rotatable bonds is 4. The maximum atomic E-state index is 6.08. The summed E-state index contributed by atoms with van der Waals surface area (Å²) >= 11 is 6.08. The van der Waals surface area contributed by atoms with Crippen LogP contribution in [-0.2, 0) is 4.74 Å². The lowest BCUT2D eigenvalue weighted by Crippen LogP contribution is -2.47. The van der Waals surface area contributed by atoms with Crippen LogP contribution in [0.1, 0.15) is 24.9 Å². The van der Waals surface area contributed by atoms with E-state index < -0.39 is 0 Å². The van der Waals surface area contributed by atoms with Crippen molar-refractivity contribution in [2.75, 3.05) is 26.7 Å². The Hall–Kier alpha value is -0.610. The van der Waals surface area contributed by atoms with Gasteiger partial charge in [-0.3, -0.25) is 4.90 Å². The second kappa shape index (κ2) is 6.71. The first-order valence-corrected chi connectivity index (χ1v) is 7.26. The summed E-state index contributed by atoms with van der Waals surface area (Å²) in [7, 11) is 1.79. The quantitative estimate of drug-likeness (QED) is 0.923. The van der Waals surface area contributed by atoms with Gasteiger partial charge in [0, 0.05) is 31.3 Å². The zero-order valence-electron chi connectivity index (χ0n) is 11.7. The van der Waals surface area contributed by atoms with Gasteiger partial charge in [0.2, 0.25) is 0 Å². The van der Waals surface area contributed by atoms with Gasteiger partial charge < -0.3 is 10.5 Å². The number of halogens is 1. The van der Waals surface area contributed by atoms with Crippen molar-refractivity contribution in [1.82, 2.24) is 4.90 Å². The lowest BCUT2D eigenvalue weighted by atomic mass is 9.93. The monoisotopic (exact) mass is 282 g/mol. The number of piperidine rings is 1. The maximum Gasteiger partial charge on any atom is 0.0724 e. The molecule has 0 saturated carbocycles. The molecule has 3 unspecified atom stereocenters. The molecule has 2 N–H and O–H groups in total. The summed E-state index contributed by atoms with van der Waals surface area (Å²) in [6.45, 7) is 4.86. The zero-order valence-corrected chi connectivity index (χ0v) is 12.4. The Morgan fingerprint density at radius 1 is 1.53 bits per heavy atom. The van der Waals surface area contributed by atoms with Crippen LogP contribution < -0.4 is 5.73 Å². The summed E-state index contributed by atoms with van der Waals surface area (Å²) in [6.07, 6.45) is 1.44. The Bertz CT molecular complexity index is 413. The molecule has 1 saturated heterocycles. The summed E-state index contributed by atoms with van der Waals surface area (Å²) in [5, 5.41) is 0.768. The van der Waals surface area contributed by atoms with Crippen molar-refractivity contribution in [2.45, 2.75) is 25.5 Å². The molecule has 0 aromatic heterocycles. The molecule has 0 amide bonds. The van der Waals surface area contributed by atoms with Crippen LogP contribution in [0.3, 0.4) is 0 Å². The van der Waals surface area contributed by atoms with E-state index >= 15 is 0 Å². The third-order valence-electron chi connectivity index (χ3n) is 4.12. The largest absolute Gasteiger partial charge is 0.380 e. The lowest BCUT2D eigenvalue weighted by molar-refractivity contribution is -0.0183. The van der Waals surface area contributed by atoms with E-state index in [1.54, 1.807) is 7.11 Å². The van der Waals surface area contributed by atoms with Crippen LogP contribution >= 0.6 is 11.6 Å². The van der Waals surface area contributed by atoms with Crippen LogP contribution in [-0.4, -0.2) is 37.7 Å². The molecule has 1 aliphatic heterocycles. The minimum Gasteiger partial charge on any atom is -0.380 e. The third kappa shape index (κ3) is 3.48. The Labute approximate surface area is 120 Å². The first-order valence-electron chi connectivity index (χ1n) is 6.88. The van der Waals surface area contributed by atoms with Crippen molar-refractivity contribution in [3.63, 3.8) is 0 Å². The number of hydrogen-bond donors (Lipinski definition) is 1. The maximum absolute atomic E-state index is 6.08. The van der Waals surface area contributed by atoms with Crippen LogP contribution in [0, 0.1) is 5.92 Å². The minimum atomic E-state index is 0.226. The predicted molar refractivity (Wildman–Crippen MR) is 79.4 cm³/mol. The van der Waals surface area contributed by atoms with Crippen molar-refractivity contribution < 1.29 is 4.74 Å². The Morgan fingerprint density at radius 3 is 2.95 bits per heavy atom. The molecule has 2 rings (SSSR count). The molecule has 1 fully saturated rings. The normalized spacial score (nSPS) is 26.3. The van der Waals surface area contributed by atoms with E-state index in [2.05, 4.69) is 17.9 Å². The standard InChI is InChI=1S/C15H23ClN2O/c1-11-6-7-18(10-15(11)19-2)14(9-17)12-4-3-5-13(16)8-12/h3-5,8,11,14-15H,6-7,9-10,17H2,1-2H3. The van der Waals surface area contributed by atoms with Crippen molar-refractivity contribution in [3.05, 3.63) is 34.9 Å². The number of benzene rings is 1. The van der Waals surface area contributed by atoms with E-state index in [0.29, 0.717) is 18.6 Å². The number of methoxy groups -OCH3 is 1. The van der Waals surface area contributed by atoms with Crippen LogP contribution in [0.25, 0.3) is 0 Å². The van der Waals surface area contributed by atoms with Crippen LogP contribution in [0.2, 0.25) is 5.02 Å². The molecule has 0 radical (unpaired) electrons. The number of nitrogens with zero attached hydrogens (tertiary/aromatic N) is 1. The molecular formula is C15H23ClN2O. The van der Waals surface area contributed by atoms with Crippen LogP contribution in [0.4, 0.5) is 0 Å². The van der Waals surface area contributed by atoms with E-state index in [9.17, 15) is 0 Å². The lowest BCUT2D eigenvalue weighted by Gasteiger charge is -2.40. The Balaban J connectivity index is 2.14. The molecule has 1 aromatic carbocycles. The summed E-state index contributed by atoms with van der Waals surface area (Å²) in [4.78, 5) is 2.42. The molecular weight excluding hydrogens is 260 g/mol. The highest BCUT2D eigenvalue weighted by Crippen LogP contribution is 2.28. The average Bonchev–Trinajstić information content (AvgIpc) is 2.41. The zero-order chi connectivity index (χ0) is 13.8. The molecule has 19 heavy (non-hydrogen) atoms. The fourth-order valence-corrected chi connectivity index (χ4v) is 3.06. The van der Waals surface area contributed by atoms with Gasteiger partial charge in [-0.2, -0.15) is 0 Å². The van der Waals surface area contributed by atoms with Gasteiger partial charge in [-0.25, -0.2) is 0 Å². The van der Waals surface area contributed by atoms with E-state index in [4.69, 9.17) is 22.1 Å². The molecule has 0 bridgehead atoms. The van der Waals surface area contributed by atoms with Crippen LogP contribution in [0.15, 0.2) is 24.3 Å².